The van der Waals surface area contributed by atoms with Crippen LogP contribution < -0.4 is 19.5 Å². The first kappa shape index (κ1) is 18.4. The molecule has 1 aliphatic rings. The van der Waals surface area contributed by atoms with Gasteiger partial charge in [0.2, 0.25) is 5.75 Å². The van der Waals surface area contributed by atoms with Crippen molar-refractivity contribution in [2.45, 2.75) is 32.2 Å². The second-order valence-electron chi connectivity index (χ2n) is 6.11. The van der Waals surface area contributed by atoms with E-state index in [1.807, 2.05) is 6.92 Å². The molecule has 1 aromatic rings. The molecule has 1 saturated heterocycles. The van der Waals surface area contributed by atoms with Crippen molar-refractivity contribution in [1.29, 1.82) is 0 Å². The summed E-state index contributed by atoms with van der Waals surface area (Å²) >= 11 is 0. The molecule has 0 radical (unpaired) electrons. The number of benzene rings is 1. The maximum atomic E-state index is 12.6. The fourth-order valence-corrected chi connectivity index (χ4v) is 2.78. The van der Waals surface area contributed by atoms with Crippen LogP contribution >= 0.6 is 0 Å². The predicted octanol–water partition coefficient (Wildman–Crippen LogP) is 2.32. The number of methoxy groups -OCH3 is 2. The fraction of sp³-hybridized carbons (Fsp3) is 0.611. The van der Waals surface area contributed by atoms with Gasteiger partial charge in [0.25, 0.3) is 5.91 Å². The Morgan fingerprint density at radius 2 is 1.79 bits per heavy atom. The molecule has 1 aliphatic heterocycles. The molecule has 6 heteroatoms. The second-order valence-corrected chi connectivity index (χ2v) is 6.11. The number of likely N-dealkylation sites (tertiary alicyclic amines) is 1. The molecular formula is C18H28N2O4. The quantitative estimate of drug-likeness (QED) is 0.828. The number of amides is 1. The first-order valence-corrected chi connectivity index (χ1v) is 8.47. The SMILES string of the molecule is CCCOc1c(OC)cc(C(=O)NC2CCN(C)CC2)cc1OC. The van der Waals surface area contributed by atoms with Crippen molar-refractivity contribution in [1.82, 2.24) is 10.2 Å². The van der Waals surface area contributed by atoms with E-state index in [-0.39, 0.29) is 11.9 Å². The number of nitrogens with one attached hydrogen (secondary N) is 1. The van der Waals surface area contributed by atoms with Gasteiger partial charge in [0.1, 0.15) is 0 Å². The Labute approximate surface area is 144 Å². The standard InChI is InChI=1S/C18H28N2O4/c1-5-10-24-17-15(22-3)11-13(12-16(17)23-4)18(21)19-14-6-8-20(2)9-7-14/h11-12,14H,5-10H2,1-4H3,(H,19,21). The van der Waals surface area contributed by atoms with Gasteiger partial charge in [0.15, 0.2) is 11.5 Å². The highest BCUT2D eigenvalue weighted by Gasteiger charge is 2.22. The summed E-state index contributed by atoms with van der Waals surface area (Å²) < 4.78 is 16.5. The van der Waals surface area contributed by atoms with Gasteiger partial charge in [-0.15, -0.1) is 0 Å². The van der Waals surface area contributed by atoms with Crippen LogP contribution in [0, 0.1) is 0 Å². The number of hydrogen-bond donors (Lipinski definition) is 1. The number of hydrogen-bond acceptors (Lipinski definition) is 5. The minimum Gasteiger partial charge on any atom is -0.493 e. The minimum absolute atomic E-state index is 0.108. The molecular weight excluding hydrogens is 308 g/mol. The zero-order valence-electron chi connectivity index (χ0n) is 15.1. The number of carbonyl (C=O) groups excluding carboxylic acids is 1. The van der Waals surface area contributed by atoms with Crippen molar-refractivity contribution >= 4 is 5.91 Å². The van der Waals surface area contributed by atoms with Crippen LogP contribution in [0.3, 0.4) is 0 Å². The van der Waals surface area contributed by atoms with E-state index in [0.29, 0.717) is 29.4 Å². The molecule has 1 fully saturated rings. The first-order valence-electron chi connectivity index (χ1n) is 8.47. The van der Waals surface area contributed by atoms with Crippen LogP contribution in [0.25, 0.3) is 0 Å². The summed E-state index contributed by atoms with van der Waals surface area (Å²) in [6.07, 6.45) is 2.81. The van der Waals surface area contributed by atoms with Gasteiger partial charge in [-0.25, -0.2) is 0 Å². The third-order valence-electron chi connectivity index (χ3n) is 4.23. The smallest absolute Gasteiger partial charge is 0.251 e. The Morgan fingerprint density at radius 3 is 2.29 bits per heavy atom. The van der Waals surface area contributed by atoms with Gasteiger partial charge >= 0.3 is 0 Å². The highest BCUT2D eigenvalue weighted by Crippen LogP contribution is 2.38. The summed E-state index contributed by atoms with van der Waals surface area (Å²) in [4.78, 5) is 14.9. The summed E-state index contributed by atoms with van der Waals surface area (Å²) in [6.45, 7) is 4.60. The maximum Gasteiger partial charge on any atom is 0.251 e. The number of nitrogens with zero attached hydrogens (tertiary/aromatic N) is 1. The highest BCUT2D eigenvalue weighted by atomic mass is 16.5. The van der Waals surface area contributed by atoms with E-state index in [0.717, 1.165) is 32.4 Å². The van der Waals surface area contributed by atoms with Crippen molar-refractivity contribution < 1.29 is 19.0 Å². The molecule has 1 aromatic carbocycles. The van der Waals surface area contributed by atoms with E-state index < -0.39 is 0 Å². The molecule has 24 heavy (non-hydrogen) atoms. The molecule has 0 bridgehead atoms. The summed E-state index contributed by atoms with van der Waals surface area (Å²) in [5.74, 6) is 1.45. The normalized spacial score (nSPS) is 15.8. The van der Waals surface area contributed by atoms with Crippen molar-refractivity contribution in [3.05, 3.63) is 17.7 Å². The monoisotopic (exact) mass is 336 g/mol. The van der Waals surface area contributed by atoms with Crippen LogP contribution in [0.5, 0.6) is 17.2 Å². The van der Waals surface area contributed by atoms with Crippen LogP contribution in [-0.4, -0.2) is 57.8 Å². The van der Waals surface area contributed by atoms with Crippen molar-refractivity contribution in [2.24, 2.45) is 0 Å². The average Bonchev–Trinajstić information content (AvgIpc) is 2.61. The van der Waals surface area contributed by atoms with Crippen molar-refractivity contribution in [3.63, 3.8) is 0 Å². The number of carbonyl (C=O) groups is 1. The van der Waals surface area contributed by atoms with E-state index in [1.165, 1.54) is 0 Å². The number of piperidine rings is 1. The van der Waals surface area contributed by atoms with E-state index in [1.54, 1.807) is 26.4 Å². The molecule has 0 atom stereocenters. The lowest BCUT2D eigenvalue weighted by Crippen LogP contribution is -2.43. The van der Waals surface area contributed by atoms with E-state index in [4.69, 9.17) is 14.2 Å². The summed E-state index contributed by atoms with van der Waals surface area (Å²) in [6, 6.07) is 3.62. The van der Waals surface area contributed by atoms with Crippen LogP contribution in [0.1, 0.15) is 36.5 Å². The van der Waals surface area contributed by atoms with Crippen LogP contribution in [0.2, 0.25) is 0 Å². The largest absolute Gasteiger partial charge is 0.493 e. The third kappa shape index (κ3) is 4.54. The van der Waals surface area contributed by atoms with Gasteiger partial charge in [-0.2, -0.15) is 0 Å². The second kappa shape index (κ2) is 8.78. The first-order chi connectivity index (χ1) is 11.6. The molecule has 134 valence electrons. The molecule has 0 aromatic heterocycles. The maximum absolute atomic E-state index is 12.6. The average molecular weight is 336 g/mol. The Kier molecular flexibility index (Phi) is 6.73. The van der Waals surface area contributed by atoms with Gasteiger partial charge in [-0.3, -0.25) is 4.79 Å². The molecule has 0 aliphatic carbocycles. The Balaban J connectivity index is 2.15. The molecule has 0 spiro atoms. The molecule has 0 unspecified atom stereocenters. The molecule has 1 amide bonds. The molecule has 0 saturated carbocycles. The fourth-order valence-electron chi connectivity index (χ4n) is 2.78. The zero-order valence-corrected chi connectivity index (χ0v) is 15.1. The summed E-state index contributed by atoms with van der Waals surface area (Å²) in [7, 11) is 5.22. The van der Waals surface area contributed by atoms with Crippen LogP contribution in [-0.2, 0) is 0 Å². The molecule has 6 nitrogen and oxygen atoms in total. The van der Waals surface area contributed by atoms with Crippen LogP contribution in [0.15, 0.2) is 12.1 Å². The molecule has 2 rings (SSSR count). The predicted molar refractivity (Wildman–Crippen MR) is 93.3 cm³/mol. The van der Waals surface area contributed by atoms with Gasteiger partial charge in [-0.05, 0) is 51.5 Å². The van der Waals surface area contributed by atoms with Gasteiger partial charge < -0.3 is 24.4 Å². The van der Waals surface area contributed by atoms with Crippen molar-refractivity contribution in [3.8, 4) is 17.2 Å². The Bertz CT molecular complexity index is 529. The van der Waals surface area contributed by atoms with E-state index in [9.17, 15) is 4.79 Å². The molecule has 1 heterocycles. The van der Waals surface area contributed by atoms with Gasteiger partial charge in [0, 0.05) is 11.6 Å². The lowest BCUT2D eigenvalue weighted by Gasteiger charge is -2.29. The van der Waals surface area contributed by atoms with E-state index in [2.05, 4.69) is 17.3 Å². The zero-order chi connectivity index (χ0) is 17.5. The number of rotatable bonds is 7. The van der Waals surface area contributed by atoms with Crippen LogP contribution in [0.4, 0.5) is 0 Å². The lowest BCUT2D eigenvalue weighted by atomic mass is 10.0. The topological polar surface area (TPSA) is 60.0 Å². The number of ether oxygens (including phenoxy) is 3. The lowest BCUT2D eigenvalue weighted by molar-refractivity contribution is 0.0916. The Morgan fingerprint density at radius 1 is 1.21 bits per heavy atom. The van der Waals surface area contributed by atoms with Gasteiger partial charge in [-0.1, -0.05) is 6.92 Å². The van der Waals surface area contributed by atoms with Gasteiger partial charge in [0.05, 0.1) is 20.8 Å². The highest BCUT2D eigenvalue weighted by molar-refractivity contribution is 5.95. The van der Waals surface area contributed by atoms with E-state index >= 15 is 0 Å². The third-order valence-corrected chi connectivity index (χ3v) is 4.23. The van der Waals surface area contributed by atoms with Crippen molar-refractivity contribution in [2.75, 3.05) is 41.0 Å². The minimum atomic E-state index is -0.108. The Hall–Kier alpha value is -1.95. The molecule has 1 N–H and O–H groups in total. The summed E-state index contributed by atoms with van der Waals surface area (Å²) in [5.41, 5.74) is 0.520. The summed E-state index contributed by atoms with van der Waals surface area (Å²) in [5, 5.41) is 3.10.